The summed E-state index contributed by atoms with van der Waals surface area (Å²) in [6.07, 6.45) is 0.874. The third kappa shape index (κ3) is 3.77. The molecule has 17 heavy (non-hydrogen) atoms. The first kappa shape index (κ1) is 12.5. The Kier molecular flexibility index (Phi) is 4.92. The number of hydrogen-bond acceptors (Lipinski definition) is 8. The fourth-order valence-corrected chi connectivity index (χ4v) is 2.52. The molecule has 2 aromatic heterocycles. The van der Waals surface area contributed by atoms with Gasteiger partial charge in [-0.2, -0.15) is 0 Å². The van der Waals surface area contributed by atoms with E-state index < -0.39 is 0 Å². The van der Waals surface area contributed by atoms with Crippen molar-refractivity contribution in [2.45, 2.75) is 6.42 Å². The lowest BCUT2D eigenvalue weighted by Gasteiger charge is -2.00. The van der Waals surface area contributed by atoms with E-state index in [1.54, 1.807) is 18.4 Å². The zero-order valence-electron chi connectivity index (χ0n) is 9.42. The van der Waals surface area contributed by atoms with Crippen LogP contribution in [0.2, 0.25) is 0 Å². The van der Waals surface area contributed by atoms with Gasteiger partial charge in [0.25, 0.3) is 0 Å². The molecule has 8 heteroatoms. The number of ether oxygens (including phenoxy) is 1. The van der Waals surface area contributed by atoms with Gasteiger partial charge in [-0.1, -0.05) is 15.8 Å². The molecule has 2 aromatic rings. The molecule has 0 atom stereocenters. The van der Waals surface area contributed by atoms with Crippen LogP contribution in [0.25, 0.3) is 10.7 Å². The minimum atomic E-state index is 0.728. The number of aromatic nitrogens is 4. The van der Waals surface area contributed by atoms with Crippen LogP contribution in [0.3, 0.4) is 0 Å². The highest BCUT2D eigenvalue weighted by atomic mass is 32.1. The minimum absolute atomic E-state index is 0.728. The van der Waals surface area contributed by atoms with Crippen LogP contribution < -0.4 is 5.32 Å². The molecule has 0 amide bonds. The molecule has 2 heterocycles. The highest BCUT2D eigenvalue weighted by Gasteiger charge is 2.08. The van der Waals surface area contributed by atoms with Gasteiger partial charge in [0.05, 0.1) is 6.61 Å². The predicted octanol–water partition coefficient (Wildman–Crippen LogP) is 0.835. The predicted molar refractivity (Wildman–Crippen MR) is 67.3 cm³/mol. The van der Waals surface area contributed by atoms with Crippen LogP contribution in [0, 0.1) is 0 Å². The summed E-state index contributed by atoms with van der Waals surface area (Å²) in [5.74, 6) is 0. The van der Waals surface area contributed by atoms with Crippen molar-refractivity contribution in [1.82, 2.24) is 25.1 Å². The Bertz CT molecular complexity index is 430. The Morgan fingerprint density at radius 2 is 2.24 bits per heavy atom. The molecule has 0 saturated heterocycles. The molecule has 0 fully saturated rings. The van der Waals surface area contributed by atoms with E-state index in [9.17, 15) is 0 Å². The van der Waals surface area contributed by atoms with Crippen LogP contribution in [0.4, 0.5) is 0 Å². The van der Waals surface area contributed by atoms with Gasteiger partial charge in [0.2, 0.25) is 0 Å². The molecule has 2 rings (SSSR count). The van der Waals surface area contributed by atoms with Crippen molar-refractivity contribution in [3.63, 3.8) is 0 Å². The summed E-state index contributed by atoms with van der Waals surface area (Å²) in [4.78, 5) is 0. The lowest BCUT2D eigenvalue weighted by atomic mass is 10.4. The maximum absolute atomic E-state index is 4.95. The first-order valence-corrected chi connectivity index (χ1v) is 6.85. The first-order valence-electron chi connectivity index (χ1n) is 5.19. The average molecular weight is 271 g/mol. The summed E-state index contributed by atoms with van der Waals surface area (Å²) in [6.45, 7) is 2.47. The van der Waals surface area contributed by atoms with Crippen LogP contribution in [0.15, 0.2) is 5.38 Å². The van der Waals surface area contributed by atoms with Crippen molar-refractivity contribution < 1.29 is 4.74 Å². The quantitative estimate of drug-likeness (QED) is 0.752. The molecule has 0 saturated carbocycles. The summed E-state index contributed by atoms with van der Waals surface area (Å²) in [6, 6.07) is 0. The lowest BCUT2D eigenvalue weighted by molar-refractivity contribution is 0.199. The monoisotopic (exact) mass is 271 g/mol. The molecule has 0 spiro atoms. The smallest absolute Gasteiger partial charge is 0.169 e. The standard InChI is InChI=1S/C9H13N5OS2/c1-15-5-4-10-3-2-8-12-13-9(17-8)7-6-16-14-11-7/h6,10H,2-5H2,1H3. The summed E-state index contributed by atoms with van der Waals surface area (Å²) in [5.41, 5.74) is 0.811. The molecule has 0 radical (unpaired) electrons. The third-order valence-electron chi connectivity index (χ3n) is 2.04. The number of nitrogens with zero attached hydrogens (tertiary/aromatic N) is 4. The number of methoxy groups -OCH3 is 1. The van der Waals surface area contributed by atoms with Crippen molar-refractivity contribution in [3.8, 4) is 10.7 Å². The highest BCUT2D eigenvalue weighted by Crippen LogP contribution is 2.21. The number of rotatable bonds is 7. The molecule has 0 aliphatic heterocycles. The molecular weight excluding hydrogens is 258 g/mol. The van der Waals surface area contributed by atoms with Gasteiger partial charge in [0.1, 0.15) is 10.7 Å². The lowest BCUT2D eigenvalue weighted by Crippen LogP contribution is -2.21. The molecule has 0 bridgehead atoms. The summed E-state index contributed by atoms with van der Waals surface area (Å²) in [5, 5.41) is 19.2. The Labute approximate surface area is 107 Å². The van der Waals surface area contributed by atoms with Gasteiger partial charge in [-0.3, -0.25) is 0 Å². The second-order valence-corrected chi connectivity index (χ2v) is 4.96. The molecule has 92 valence electrons. The van der Waals surface area contributed by atoms with Gasteiger partial charge in [-0.05, 0) is 11.5 Å². The Morgan fingerprint density at radius 1 is 1.29 bits per heavy atom. The van der Waals surface area contributed by atoms with Crippen LogP contribution in [-0.2, 0) is 11.2 Å². The van der Waals surface area contributed by atoms with Crippen LogP contribution in [-0.4, -0.2) is 46.6 Å². The van der Waals surface area contributed by atoms with Crippen molar-refractivity contribution in [3.05, 3.63) is 10.4 Å². The third-order valence-corrected chi connectivity index (χ3v) is 3.55. The van der Waals surface area contributed by atoms with Crippen LogP contribution in [0.1, 0.15) is 5.01 Å². The number of hydrogen-bond donors (Lipinski definition) is 1. The SMILES string of the molecule is COCCNCCc1nnc(-c2csnn2)s1. The average Bonchev–Trinajstić information content (AvgIpc) is 2.99. The fourth-order valence-electron chi connectivity index (χ4n) is 1.21. The van der Waals surface area contributed by atoms with Gasteiger partial charge in [-0.15, -0.1) is 15.3 Å². The largest absolute Gasteiger partial charge is 0.383 e. The molecule has 6 nitrogen and oxygen atoms in total. The van der Waals surface area contributed by atoms with E-state index in [1.807, 2.05) is 5.38 Å². The van der Waals surface area contributed by atoms with E-state index in [-0.39, 0.29) is 0 Å². The van der Waals surface area contributed by atoms with E-state index in [4.69, 9.17) is 4.74 Å². The van der Waals surface area contributed by atoms with E-state index in [2.05, 4.69) is 25.1 Å². The summed E-state index contributed by atoms with van der Waals surface area (Å²) < 4.78 is 8.75. The topological polar surface area (TPSA) is 72.8 Å². The van der Waals surface area contributed by atoms with Crippen molar-refractivity contribution in [1.29, 1.82) is 0 Å². The van der Waals surface area contributed by atoms with Gasteiger partial charge >= 0.3 is 0 Å². The maximum Gasteiger partial charge on any atom is 0.169 e. The minimum Gasteiger partial charge on any atom is -0.383 e. The van der Waals surface area contributed by atoms with Crippen molar-refractivity contribution in [2.24, 2.45) is 0 Å². The zero-order valence-corrected chi connectivity index (χ0v) is 11.1. The summed E-state index contributed by atoms with van der Waals surface area (Å²) >= 11 is 2.89. The second-order valence-electron chi connectivity index (χ2n) is 3.28. The van der Waals surface area contributed by atoms with Gasteiger partial charge in [0, 0.05) is 32.0 Å². The van der Waals surface area contributed by atoms with Crippen molar-refractivity contribution >= 4 is 22.9 Å². The molecular formula is C9H13N5OS2. The van der Waals surface area contributed by atoms with Gasteiger partial charge in [-0.25, -0.2) is 0 Å². The molecule has 1 N–H and O–H groups in total. The van der Waals surface area contributed by atoms with Gasteiger partial charge < -0.3 is 10.1 Å². The first-order chi connectivity index (χ1) is 8.40. The van der Waals surface area contributed by atoms with Crippen LogP contribution >= 0.6 is 22.9 Å². The van der Waals surface area contributed by atoms with Crippen LogP contribution in [0.5, 0.6) is 0 Å². The van der Waals surface area contributed by atoms with E-state index >= 15 is 0 Å². The van der Waals surface area contributed by atoms with E-state index in [1.165, 1.54) is 11.5 Å². The Hall–Kier alpha value is -0.960. The molecule has 0 aromatic carbocycles. The zero-order chi connectivity index (χ0) is 11.9. The maximum atomic E-state index is 4.95. The Balaban J connectivity index is 1.79. The molecule has 0 aliphatic carbocycles. The number of nitrogens with one attached hydrogen (secondary N) is 1. The van der Waals surface area contributed by atoms with Gasteiger partial charge in [0.15, 0.2) is 5.01 Å². The molecule has 0 aliphatic rings. The van der Waals surface area contributed by atoms with E-state index in [0.717, 1.165) is 41.8 Å². The normalized spacial score (nSPS) is 10.9. The second kappa shape index (κ2) is 6.70. The fraction of sp³-hybridized carbons (Fsp3) is 0.556. The Morgan fingerprint density at radius 3 is 3.00 bits per heavy atom. The van der Waals surface area contributed by atoms with E-state index in [0.29, 0.717) is 0 Å². The summed E-state index contributed by atoms with van der Waals surface area (Å²) in [7, 11) is 1.70. The highest BCUT2D eigenvalue weighted by molar-refractivity contribution is 7.15. The molecule has 0 unspecified atom stereocenters. The van der Waals surface area contributed by atoms with Crippen molar-refractivity contribution in [2.75, 3.05) is 26.8 Å².